The van der Waals surface area contributed by atoms with Gasteiger partial charge in [-0.25, -0.2) is 0 Å². The van der Waals surface area contributed by atoms with Crippen molar-refractivity contribution in [2.24, 2.45) is 0 Å². The summed E-state index contributed by atoms with van der Waals surface area (Å²) in [5, 5.41) is 2.73. The molecule has 0 spiro atoms. The second-order valence-electron chi connectivity index (χ2n) is 4.09. The predicted octanol–water partition coefficient (Wildman–Crippen LogP) is 2.75. The number of methoxy groups -OCH3 is 1. The first-order valence-electron chi connectivity index (χ1n) is 5.61. The van der Waals surface area contributed by atoms with Crippen molar-refractivity contribution >= 4 is 0 Å². The Hall–Kier alpha value is -1.30. The molecule has 1 aromatic rings. The molecule has 1 rings (SSSR count). The molecule has 18 heavy (non-hydrogen) atoms. The van der Waals surface area contributed by atoms with E-state index in [0.29, 0.717) is 12.2 Å². The molecule has 0 unspecified atom stereocenters. The van der Waals surface area contributed by atoms with E-state index in [1.807, 2.05) is 13.8 Å². The minimum Gasteiger partial charge on any atom is -0.496 e. The van der Waals surface area contributed by atoms with Gasteiger partial charge in [0.2, 0.25) is 0 Å². The van der Waals surface area contributed by atoms with Gasteiger partial charge in [-0.2, -0.15) is 13.2 Å². The Balaban J connectivity index is 2.58. The van der Waals surface area contributed by atoms with Gasteiger partial charge in [-0.3, -0.25) is 4.98 Å². The lowest BCUT2D eigenvalue weighted by Gasteiger charge is -2.13. The van der Waals surface area contributed by atoms with Gasteiger partial charge in [-0.05, 0) is 13.8 Å². The topological polar surface area (TPSA) is 34.1 Å². The van der Waals surface area contributed by atoms with Crippen molar-refractivity contribution < 1.29 is 17.9 Å². The minimum atomic E-state index is -4.12. The Bertz CT molecular complexity index is 405. The summed E-state index contributed by atoms with van der Waals surface area (Å²) in [7, 11) is 1.57. The minimum absolute atomic E-state index is 0.110. The first kappa shape index (κ1) is 14.8. The summed E-state index contributed by atoms with van der Waals surface area (Å²) in [6.45, 7) is 3.92. The smallest absolute Gasteiger partial charge is 0.390 e. The SMILES string of the molecule is COc1c(C)cnc(CNCCC(F)(F)F)c1C. The first-order chi connectivity index (χ1) is 8.35. The summed E-state index contributed by atoms with van der Waals surface area (Å²) >= 11 is 0. The third-order valence-electron chi connectivity index (χ3n) is 2.63. The largest absolute Gasteiger partial charge is 0.496 e. The monoisotopic (exact) mass is 262 g/mol. The van der Waals surface area contributed by atoms with Crippen molar-refractivity contribution in [3.63, 3.8) is 0 Å². The highest BCUT2D eigenvalue weighted by molar-refractivity contribution is 5.40. The van der Waals surface area contributed by atoms with E-state index in [0.717, 1.165) is 16.9 Å². The third kappa shape index (κ3) is 4.18. The standard InChI is InChI=1S/C12H17F3N2O/c1-8-6-17-10(9(2)11(8)18-3)7-16-5-4-12(13,14)15/h6,16H,4-5,7H2,1-3H3. The number of aryl methyl sites for hydroxylation is 1. The molecule has 0 saturated carbocycles. The van der Waals surface area contributed by atoms with Crippen LogP contribution in [0.2, 0.25) is 0 Å². The molecule has 0 aromatic carbocycles. The number of ether oxygens (including phenoxy) is 1. The summed E-state index contributed by atoms with van der Waals surface area (Å²) in [6, 6.07) is 0. The van der Waals surface area contributed by atoms with E-state index < -0.39 is 12.6 Å². The Labute approximate surface area is 104 Å². The highest BCUT2D eigenvalue weighted by Gasteiger charge is 2.25. The zero-order valence-electron chi connectivity index (χ0n) is 10.7. The quantitative estimate of drug-likeness (QED) is 0.828. The van der Waals surface area contributed by atoms with Crippen LogP contribution in [0.1, 0.15) is 23.2 Å². The maximum Gasteiger partial charge on any atom is 0.390 e. The fourth-order valence-electron chi connectivity index (χ4n) is 1.69. The molecule has 0 atom stereocenters. The Morgan fingerprint density at radius 3 is 2.56 bits per heavy atom. The van der Waals surface area contributed by atoms with Gasteiger partial charge in [0, 0.05) is 30.4 Å². The molecule has 0 aliphatic heterocycles. The summed E-state index contributed by atoms with van der Waals surface area (Å²) in [6.07, 6.45) is -3.30. The van der Waals surface area contributed by atoms with Gasteiger partial charge in [-0.15, -0.1) is 0 Å². The van der Waals surface area contributed by atoms with Gasteiger partial charge in [0.1, 0.15) is 5.75 Å². The summed E-state index contributed by atoms with van der Waals surface area (Å²) in [5.41, 5.74) is 2.48. The molecule has 0 aliphatic rings. The molecular formula is C12H17F3N2O. The van der Waals surface area contributed by atoms with Crippen LogP contribution in [0.4, 0.5) is 13.2 Å². The van der Waals surface area contributed by atoms with Crippen LogP contribution in [0.25, 0.3) is 0 Å². The molecule has 1 N–H and O–H groups in total. The summed E-state index contributed by atoms with van der Waals surface area (Å²) in [5.74, 6) is 0.734. The van der Waals surface area contributed by atoms with Crippen molar-refractivity contribution in [2.45, 2.75) is 33.0 Å². The number of rotatable bonds is 5. The molecule has 0 fully saturated rings. The van der Waals surface area contributed by atoms with Crippen molar-refractivity contribution in [1.82, 2.24) is 10.3 Å². The number of halogens is 3. The molecule has 1 heterocycles. The fraction of sp³-hybridized carbons (Fsp3) is 0.583. The second kappa shape index (κ2) is 6.04. The lowest BCUT2D eigenvalue weighted by atomic mass is 10.1. The second-order valence-corrected chi connectivity index (χ2v) is 4.09. The van der Waals surface area contributed by atoms with Gasteiger partial charge in [0.15, 0.2) is 0 Å². The molecule has 0 radical (unpaired) electrons. The Morgan fingerprint density at radius 2 is 2.00 bits per heavy atom. The number of hydrogen-bond acceptors (Lipinski definition) is 3. The van der Waals surface area contributed by atoms with Crippen LogP contribution in [-0.4, -0.2) is 24.8 Å². The molecule has 3 nitrogen and oxygen atoms in total. The molecule has 0 aliphatic carbocycles. The maximum absolute atomic E-state index is 12.0. The van der Waals surface area contributed by atoms with E-state index in [1.165, 1.54) is 0 Å². The van der Waals surface area contributed by atoms with E-state index in [2.05, 4.69) is 10.3 Å². The van der Waals surface area contributed by atoms with Crippen molar-refractivity contribution in [3.8, 4) is 5.75 Å². The highest BCUT2D eigenvalue weighted by Crippen LogP contribution is 2.24. The van der Waals surface area contributed by atoms with Gasteiger partial charge in [0.25, 0.3) is 0 Å². The highest BCUT2D eigenvalue weighted by atomic mass is 19.4. The van der Waals surface area contributed by atoms with E-state index in [9.17, 15) is 13.2 Å². The van der Waals surface area contributed by atoms with Crippen LogP contribution < -0.4 is 10.1 Å². The third-order valence-corrected chi connectivity index (χ3v) is 2.63. The van der Waals surface area contributed by atoms with Crippen LogP contribution >= 0.6 is 0 Å². The van der Waals surface area contributed by atoms with Gasteiger partial charge < -0.3 is 10.1 Å². The van der Waals surface area contributed by atoms with Crippen LogP contribution in [0.15, 0.2) is 6.20 Å². The normalized spacial score (nSPS) is 11.7. The van der Waals surface area contributed by atoms with E-state index >= 15 is 0 Å². The molecule has 0 bridgehead atoms. The Morgan fingerprint density at radius 1 is 1.33 bits per heavy atom. The maximum atomic E-state index is 12.0. The number of hydrogen-bond donors (Lipinski definition) is 1. The van der Waals surface area contributed by atoms with Crippen LogP contribution in [0.5, 0.6) is 5.75 Å². The number of pyridine rings is 1. The van der Waals surface area contributed by atoms with Crippen molar-refractivity contribution in [1.29, 1.82) is 0 Å². The molecule has 102 valence electrons. The van der Waals surface area contributed by atoms with Crippen molar-refractivity contribution in [3.05, 3.63) is 23.0 Å². The molecular weight excluding hydrogens is 245 g/mol. The number of aromatic nitrogens is 1. The average Bonchev–Trinajstić information content (AvgIpc) is 2.26. The van der Waals surface area contributed by atoms with Crippen LogP contribution in [0.3, 0.4) is 0 Å². The van der Waals surface area contributed by atoms with Crippen LogP contribution in [-0.2, 0) is 6.54 Å². The van der Waals surface area contributed by atoms with E-state index in [4.69, 9.17) is 4.74 Å². The van der Waals surface area contributed by atoms with Crippen molar-refractivity contribution in [2.75, 3.05) is 13.7 Å². The van der Waals surface area contributed by atoms with Gasteiger partial charge >= 0.3 is 6.18 Å². The van der Waals surface area contributed by atoms with Gasteiger partial charge in [-0.1, -0.05) is 0 Å². The van der Waals surface area contributed by atoms with E-state index in [1.54, 1.807) is 13.3 Å². The summed E-state index contributed by atoms with van der Waals surface area (Å²) < 4.78 is 41.1. The zero-order chi connectivity index (χ0) is 13.8. The van der Waals surface area contributed by atoms with Crippen LogP contribution in [0, 0.1) is 13.8 Å². The predicted molar refractivity (Wildman–Crippen MR) is 62.6 cm³/mol. The van der Waals surface area contributed by atoms with E-state index in [-0.39, 0.29) is 6.54 Å². The number of nitrogens with one attached hydrogen (secondary N) is 1. The summed E-state index contributed by atoms with van der Waals surface area (Å²) in [4.78, 5) is 4.20. The number of nitrogens with zero attached hydrogens (tertiary/aromatic N) is 1. The average molecular weight is 262 g/mol. The Kier molecular flexibility index (Phi) is 4.95. The first-order valence-corrected chi connectivity index (χ1v) is 5.61. The lowest BCUT2D eigenvalue weighted by Crippen LogP contribution is -2.22. The number of alkyl halides is 3. The van der Waals surface area contributed by atoms with Gasteiger partial charge in [0.05, 0.1) is 19.2 Å². The molecule has 0 saturated heterocycles. The molecule has 0 amide bonds. The fourth-order valence-corrected chi connectivity index (χ4v) is 1.69. The molecule has 6 heteroatoms. The molecule has 1 aromatic heterocycles. The lowest BCUT2D eigenvalue weighted by molar-refractivity contribution is -0.133. The zero-order valence-corrected chi connectivity index (χ0v) is 10.7.